The molecule has 1 unspecified atom stereocenters. The zero-order valence-corrected chi connectivity index (χ0v) is 29.8. The van der Waals surface area contributed by atoms with E-state index in [0.29, 0.717) is 22.6 Å². The quantitative estimate of drug-likeness (QED) is 0.0333. The van der Waals surface area contributed by atoms with Crippen molar-refractivity contribution in [2.24, 2.45) is 0 Å². The number of nitrogens with zero attached hydrogens (tertiary/aromatic N) is 3. The number of hydrogen-bond acceptors (Lipinski definition) is 9. The minimum absolute atomic E-state index is 0.0666. The molecule has 0 N–H and O–H groups in total. The van der Waals surface area contributed by atoms with E-state index in [2.05, 4.69) is 38.4 Å². The van der Waals surface area contributed by atoms with Crippen molar-refractivity contribution in [3.8, 4) is 17.6 Å². The number of nitro benzene ring substituents is 1. The maximum Gasteiger partial charge on any atom is 0.275 e. The van der Waals surface area contributed by atoms with E-state index < -0.39 is 19.1 Å². The average Bonchev–Trinajstić information content (AvgIpc) is 3.11. The summed E-state index contributed by atoms with van der Waals surface area (Å²) in [6.07, 6.45) is 0.240. The van der Waals surface area contributed by atoms with Crippen molar-refractivity contribution in [1.82, 2.24) is 4.67 Å². The van der Waals surface area contributed by atoms with Crippen LogP contribution in [0.4, 0.5) is 5.69 Å². The fourth-order valence-corrected chi connectivity index (χ4v) is 7.30. The first-order valence-electron chi connectivity index (χ1n) is 16.1. The first kappa shape index (κ1) is 37.5. The first-order chi connectivity index (χ1) is 23.6. The molecule has 0 aliphatic rings. The van der Waals surface area contributed by atoms with Crippen molar-refractivity contribution in [2.75, 3.05) is 20.8 Å². The molecule has 49 heavy (non-hydrogen) atoms. The van der Waals surface area contributed by atoms with Gasteiger partial charge in [-0.15, -0.1) is 0 Å². The molecular formula is C38H44N3O7P. The molecule has 0 radical (unpaired) electrons. The van der Waals surface area contributed by atoms with Gasteiger partial charge in [-0.2, -0.15) is 5.26 Å². The van der Waals surface area contributed by atoms with Crippen LogP contribution in [-0.2, 0) is 32.6 Å². The van der Waals surface area contributed by atoms with Crippen LogP contribution in [0.15, 0.2) is 97.1 Å². The van der Waals surface area contributed by atoms with E-state index in [1.807, 2.05) is 84.9 Å². The zero-order chi connectivity index (χ0) is 35.4. The minimum atomic E-state index is -1.51. The Balaban J connectivity index is 1.71. The molecule has 1 atom stereocenters. The second kappa shape index (κ2) is 17.9. The third-order valence-corrected chi connectivity index (χ3v) is 10.0. The fraction of sp³-hybridized carbons (Fsp3) is 0.342. The summed E-state index contributed by atoms with van der Waals surface area (Å²) in [5.41, 5.74) is 2.32. The summed E-state index contributed by atoms with van der Waals surface area (Å²) in [5.74, 6) is 1.39. The molecule has 0 fully saturated rings. The van der Waals surface area contributed by atoms with E-state index in [0.717, 1.165) is 16.7 Å². The molecule has 0 spiro atoms. The summed E-state index contributed by atoms with van der Waals surface area (Å²) >= 11 is 0. The van der Waals surface area contributed by atoms with Gasteiger partial charge in [-0.25, -0.2) is 4.67 Å². The Bertz CT molecular complexity index is 1620. The molecule has 0 heterocycles. The highest BCUT2D eigenvalue weighted by atomic mass is 31.2. The number of benzene rings is 4. The molecule has 0 amide bonds. The number of hydrogen-bond donors (Lipinski definition) is 0. The fourth-order valence-electron chi connectivity index (χ4n) is 5.69. The summed E-state index contributed by atoms with van der Waals surface area (Å²) in [6, 6.07) is 32.5. The number of methoxy groups -OCH3 is 2. The van der Waals surface area contributed by atoms with Crippen LogP contribution in [0.5, 0.6) is 11.5 Å². The summed E-state index contributed by atoms with van der Waals surface area (Å²) in [5, 5.41) is 21.5. The molecule has 258 valence electrons. The lowest BCUT2D eigenvalue weighted by Crippen LogP contribution is -2.33. The van der Waals surface area contributed by atoms with Gasteiger partial charge in [0.1, 0.15) is 17.1 Å². The van der Waals surface area contributed by atoms with Crippen LogP contribution in [0.3, 0.4) is 0 Å². The van der Waals surface area contributed by atoms with Crippen LogP contribution >= 0.6 is 8.53 Å². The monoisotopic (exact) mass is 685 g/mol. The van der Waals surface area contributed by atoms with Crippen molar-refractivity contribution in [3.05, 3.63) is 135 Å². The van der Waals surface area contributed by atoms with E-state index in [1.165, 1.54) is 6.07 Å². The maximum absolute atomic E-state index is 12.5. The lowest BCUT2D eigenvalue weighted by molar-refractivity contribution is -0.386. The lowest BCUT2D eigenvalue weighted by atomic mass is 9.80. The average molecular weight is 686 g/mol. The standard InChI is InChI=1S/C38H44N3O7P/c1-28(2)40(29(3)4)49(47-24-10-23-39)48-26-30-13-14-31(37(25-30)41(42)43)27-46-38(32-11-8-7-9-12-32,33-15-19-35(44-5)20-16-33)34-17-21-36(45-6)22-18-34/h7-9,11-22,25,28-29H,10,24,26-27H2,1-6H3. The Hall–Kier alpha value is -4.36. The largest absolute Gasteiger partial charge is 0.497 e. The Morgan fingerprint density at radius 2 is 1.35 bits per heavy atom. The Morgan fingerprint density at radius 1 is 0.796 bits per heavy atom. The Labute approximate surface area is 290 Å². The molecule has 0 aliphatic heterocycles. The number of nitriles is 1. The van der Waals surface area contributed by atoms with Gasteiger partial charge in [-0.1, -0.05) is 60.7 Å². The smallest absolute Gasteiger partial charge is 0.275 e. The van der Waals surface area contributed by atoms with Gasteiger partial charge in [0.2, 0.25) is 0 Å². The molecule has 0 saturated heterocycles. The molecule has 4 aromatic rings. The topological polar surface area (TPSA) is 116 Å². The Morgan fingerprint density at radius 3 is 1.84 bits per heavy atom. The maximum atomic E-state index is 12.5. The van der Waals surface area contributed by atoms with Crippen molar-refractivity contribution in [2.45, 2.75) is 65.0 Å². The third kappa shape index (κ3) is 9.21. The highest BCUT2D eigenvalue weighted by Gasteiger charge is 2.38. The van der Waals surface area contributed by atoms with Gasteiger partial charge < -0.3 is 23.3 Å². The highest BCUT2D eigenvalue weighted by molar-refractivity contribution is 7.44. The highest BCUT2D eigenvalue weighted by Crippen LogP contribution is 2.47. The zero-order valence-electron chi connectivity index (χ0n) is 28.9. The van der Waals surface area contributed by atoms with Gasteiger partial charge >= 0.3 is 0 Å². The van der Waals surface area contributed by atoms with Gasteiger partial charge in [-0.05, 0) is 80.3 Å². The summed E-state index contributed by atoms with van der Waals surface area (Å²) in [7, 11) is 1.72. The summed E-state index contributed by atoms with van der Waals surface area (Å²) in [4.78, 5) is 12.1. The SMILES string of the molecule is COc1ccc(C(OCc2ccc(COP(OCCC#N)N(C(C)C)C(C)C)cc2[N+](=O)[O-])(c2ccccc2)c2ccc(OC)cc2)cc1. The van der Waals surface area contributed by atoms with Crippen LogP contribution in [0.1, 0.15) is 61.9 Å². The second-order valence-corrected chi connectivity index (χ2v) is 13.3. The molecule has 4 rings (SSSR count). The second-order valence-electron chi connectivity index (χ2n) is 11.8. The van der Waals surface area contributed by atoms with E-state index in [1.54, 1.807) is 20.3 Å². The molecule has 10 nitrogen and oxygen atoms in total. The number of rotatable bonds is 18. The molecule has 0 aromatic heterocycles. The predicted molar refractivity (Wildman–Crippen MR) is 190 cm³/mol. The number of nitro groups is 1. The van der Waals surface area contributed by atoms with Crippen LogP contribution in [0.2, 0.25) is 0 Å². The third-order valence-electron chi connectivity index (χ3n) is 7.97. The minimum Gasteiger partial charge on any atom is -0.497 e. The van der Waals surface area contributed by atoms with Crippen molar-refractivity contribution >= 4 is 14.2 Å². The van der Waals surface area contributed by atoms with E-state index in [4.69, 9.17) is 28.5 Å². The van der Waals surface area contributed by atoms with Gasteiger partial charge in [0.15, 0.2) is 0 Å². The molecule has 0 saturated carbocycles. The predicted octanol–water partition coefficient (Wildman–Crippen LogP) is 8.91. The molecule has 0 aliphatic carbocycles. The van der Waals surface area contributed by atoms with Gasteiger partial charge in [0.25, 0.3) is 14.2 Å². The van der Waals surface area contributed by atoms with Gasteiger partial charge in [0, 0.05) is 18.2 Å². The van der Waals surface area contributed by atoms with E-state index in [-0.39, 0.29) is 44.0 Å². The van der Waals surface area contributed by atoms with Crippen molar-refractivity contribution < 1.29 is 28.2 Å². The van der Waals surface area contributed by atoms with Gasteiger partial charge in [0.05, 0.1) is 57.0 Å². The lowest BCUT2D eigenvalue weighted by Gasteiger charge is -2.36. The van der Waals surface area contributed by atoms with E-state index in [9.17, 15) is 10.1 Å². The van der Waals surface area contributed by atoms with Crippen molar-refractivity contribution in [1.29, 1.82) is 5.26 Å². The summed E-state index contributed by atoms with van der Waals surface area (Å²) in [6.45, 7) is 8.49. The molecule has 11 heteroatoms. The molecule has 0 bridgehead atoms. The number of ether oxygens (including phenoxy) is 3. The summed E-state index contributed by atoms with van der Waals surface area (Å²) < 4.78 is 32.2. The van der Waals surface area contributed by atoms with E-state index >= 15 is 0 Å². The van der Waals surface area contributed by atoms with Crippen LogP contribution in [-0.4, -0.2) is 42.5 Å². The normalized spacial score (nSPS) is 12.2. The van der Waals surface area contributed by atoms with Crippen LogP contribution in [0.25, 0.3) is 0 Å². The van der Waals surface area contributed by atoms with Crippen LogP contribution < -0.4 is 9.47 Å². The first-order valence-corrected chi connectivity index (χ1v) is 17.2. The van der Waals surface area contributed by atoms with Crippen LogP contribution in [0, 0.1) is 21.4 Å². The Kier molecular flexibility index (Phi) is 13.7. The van der Waals surface area contributed by atoms with Crippen molar-refractivity contribution in [3.63, 3.8) is 0 Å². The van der Waals surface area contributed by atoms with Gasteiger partial charge in [-0.3, -0.25) is 10.1 Å². The molecular weight excluding hydrogens is 641 g/mol. The molecule has 4 aromatic carbocycles.